The molecule has 0 unspecified atom stereocenters. The molecule has 1 aliphatic rings. The van der Waals surface area contributed by atoms with Crippen LogP contribution in [0.4, 0.5) is 0 Å². The highest BCUT2D eigenvalue weighted by Gasteiger charge is 2.32. The van der Waals surface area contributed by atoms with E-state index in [2.05, 4.69) is 0 Å². The van der Waals surface area contributed by atoms with Crippen molar-refractivity contribution >= 4 is 44.8 Å². The third-order valence-electron chi connectivity index (χ3n) is 5.57. The van der Waals surface area contributed by atoms with Crippen LogP contribution >= 0.6 is 22.9 Å². The van der Waals surface area contributed by atoms with E-state index in [1.807, 2.05) is 30.0 Å². The van der Waals surface area contributed by atoms with Gasteiger partial charge in [0, 0.05) is 38.3 Å². The average Bonchev–Trinajstić information content (AvgIpc) is 3.24. The van der Waals surface area contributed by atoms with Crippen LogP contribution in [-0.4, -0.2) is 73.6 Å². The van der Waals surface area contributed by atoms with Crippen LogP contribution in [0.15, 0.2) is 46.7 Å². The van der Waals surface area contributed by atoms with Crippen molar-refractivity contribution in [1.82, 2.24) is 14.1 Å². The Bertz CT molecular complexity index is 1030. The van der Waals surface area contributed by atoms with Gasteiger partial charge in [0.05, 0.1) is 10.9 Å². The minimum Gasteiger partial charge on any atom is -0.338 e. The molecule has 0 spiro atoms. The summed E-state index contributed by atoms with van der Waals surface area (Å²) in [6, 6.07) is 12.1. The molecule has 2 amide bonds. The summed E-state index contributed by atoms with van der Waals surface area (Å²) >= 11 is 6.85. The van der Waals surface area contributed by atoms with Gasteiger partial charge in [-0.1, -0.05) is 36.7 Å². The van der Waals surface area contributed by atoms with Crippen LogP contribution in [0, 0.1) is 0 Å². The number of thiophene rings is 1. The fourth-order valence-electron chi connectivity index (χ4n) is 3.85. The van der Waals surface area contributed by atoms with Crippen molar-refractivity contribution in [2.75, 3.05) is 33.2 Å². The molecule has 0 radical (unpaired) electrons. The highest BCUT2D eigenvalue weighted by Crippen LogP contribution is 2.28. The van der Waals surface area contributed by atoms with Crippen molar-refractivity contribution < 1.29 is 18.0 Å². The molecule has 0 aliphatic carbocycles. The van der Waals surface area contributed by atoms with Gasteiger partial charge in [-0.2, -0.15) is 4.31 Å². The zero-order valence-electron chi connectivity index (χ0n) is 18.2. The second-order valence-corrected chi connectivity index (χ2v) is 11.8. The van der Waals surface area contributed by atoms with E-state index in [9.17, 15) is 18.0 Å². The summed E-state index contributed by atoms with van der Waals surface area (Å²) in [7, 11) is -2.37. The van der Waals surface area contributed by atoms with Crippen molar-refractivity contribution in [2.24, 2.45) is 0 Å². The third kappa shape index (κ3) is 5.70. The minimum atomic E-state index is -3.78. The summed E-state index contributed by atoms with van der Waals surface area (Å²) in [5.41, 5.74) is 0.660. The van der Waals surface area contributed by atoms with E-state index in [1.54, 1.807) is 17.0 Å². The lowest BCUT2D eigenvalue weighted by molar-refractivity contribution is -0.134. The zero-order chi connectivity index (χ0) is 23.3. The lowest BCUT2D eigenvalue weighted by atomic mass is 10.0. The van der Waals surface area contributed by atoms with Gasteiger partial charge in [0.25, 0.3) is 15.9 Å². The number of likely N-dealkylation sites (tertiary alicyclic amines) is 1. The monoisotopic (exact) mass is 497 g/mol. The Morgan fingerprint density at radius 1 is 1.12 bits per heavy atom. The van der Waals surface area contributed by atoms with Crippen LogP contribution in [0.2, 0.25) is 4.34 Å². The van der Waals surface area contributed by atoms with E-state index in [4.69, 9.17) is 11.6 Å². The third-order valence-corrected chi connectivity index (χ3v) is 9.07. The smallest absolute Gasteiger partial charge is 0.253 e. The maximum absolute atomic E-state index is 13.1. The number of piperidine rings is 1. The van der Waals surface area contributed by atoms with Gasteiger partial charge in [-0.15, -0.1) is 11.3 Å². The molecule has 0 atom stereocenters. The number of benzene rings is 1. The molecule has 7 nitrogen and oxygen atoms in total. The first-order chi connectivity index (χ1) is 15.2. The van der Waals surface area contributed by atoms with Crippen LogP contribution in [0.5, 0.6) is 0 Å². The van der Waals surface area contributed by atoms with Crippen molar-refractivity contribution in [2.45, 2.75) is 36.4 Å². The van der Waals surface area contributed by atoms with Gasteiger partial charge in [0.2, 0.25) is 5.91 Å². The molecule has 1 fully saturated rings. The van der Waals surface area contributed by atoms with Crippen LogP contribution in [0.3, 0.4) is 0 Å². The summed E-state index contributed by atoms with van der Waals surface area (Å²) in [6.07, 6.45) is 2.11. The van der Waals surface area contributed by atoms with Crippen LogP contribution in [0.1, 0.15) is 36.5 Å². The largest absolute Gasteiger partial charge is 0.338 e. The van der Waals surface area contributed by atoms with E-state index in [0.29, 0.717) is 42.4 Å². The lowest BCUT2D eigenvalue weighted by Crippen LogP contribution is -2.51. The number of carbonyl (C=O) groups excluding carboxylic acids is 2. The number of hydrogen-bond acceptors (Lipinski definition) is 5. The molecule has 174 valence electrons. The normalized spacial score (nSPS) is 15.2. The number of nitrogens with zero attached hydrogens (tertiary/aromatic N) is 3. The number of hydrogen-bond donors (Lipinski definition) is 0. The van der Waals surface area contributed by atoms with E-state index >= 15 is 0 Å². The summed E-state index contributed by atoms with van der Waals surface area (Å²) in [5.74, 6) is -0.230. The average molecular weight is 498 g/mol. The summed E-state index contributed by atoms with van der Waals surface area (Å²) in [4.78, 5) is 29.4. The number of likely N-dealkylation sites (N-methyl/N-ethyl adjacent to an activating group) is 1. The first-order valence-corrected chi connectivity index (χ1v) is 13.2. The number of rotatable bonds is 8. The molecule has 10 heteroatoms. The van der Waals surface area contributed by atoms with Crippen molar-refractivity contribution in [3.63, 3.8) is 0 Å². The maximum atomic E-state index is 13.1. The lowest BCUT2D eigenvalue weighted by Gasteiger charge is -2.39. The minimum absolute atomic E-state index is 0.00199. The van der Waals surface area contributed by atoms with E-state index < -0.39 is 10.0 Å². The first-order valence-electron chi connectivity index (χ1n) is 10.6. The number of sulfonamides is 1. The van der Waals surface area contributed by atoms with Crippen LogP contribution < -0.4 is 0 Å². The molecule has 32 heavy (non-hydrogen) atoms. The molecule has 0 bridgehead atoms. The molecular weight excluding hydrogens is 470 g/mol. The van der Waals surface area contributed by atoms with Gasteiger partial charge in [-0.3, -0.25) is 9.59 Å². The summed E-state index contributed by atoms with van der Waals surface area (Å²) in [6.45, 7) is 3.43. The van der Waals surface area contributed by atoms with Crippen molar-refractivity contribution in [3.8, 4) is 0 Å². The van der Waals surface area contributed by atoms with E-state index in [-0.39, 0.29) is 28.6 Å². The number of amides is 2. The van der Waals surface area contributed by atoms with Gasteiger partial charge >= 0.3 is 0 Å². The fourth-order valence-corrected chi connectivity index (χ4v) is 6.67. The molecular formula is C22H28ClN3O4S2. The standard InChI is InChI=1S/C22H28ClN3O4S2/c1-3-13-26(20(27)16-24(2)32(29,30)21-10-9-19(23)31-21)18-11-14-25(15-12-18)22(28)17-7-5-4-6-8-17/h4-10,18H,3,11-16H2,1-2H3. The first kappa shape index (κ1) is 24.7. The Labute approximate surface area is 198 Å². The second kappa shape index (κ2) is 10.8. The van der Waals surface area contributed by atoms with Crippen LogP contribution in [-0.2, 0) is 14.8 Å². The van der Waals surface area contributed by atoms with Crippen molar-refractivity contribution in [1.29, 1.82) is 0 Å². The predicted molar refractivity (Wildman–Crippen MR) is 127 cm³/mol. The molecule has 3 rings (SSSR count). The molecule has 2 aromatic rings. The number of carbonyl (C=O) groups is 2. The Hall–Kier alpha value is -1.94. The van der Waals surface area contributed by atoms with Gasteiger partial charge < -0.3 is 9.80 Å². The summed E-state index contributed by atoms with van der Waals surface area (Å²) in [5, 5.41) is 0. The van der Waals surface area contributed by atoms with E-state index in [0.717, 1.165) is 22.1 Å². The van der Waals surface area contributed by atoms with Crippen molar-refractivity contribution in [3.05, 3.63) is 52.4 Å². The summed E-state index contributed by atoms with van der Waals surface area (Å²) < 4.78 is 27.1. The topological polar surface area (TPSA) is 78.0 Å². The van der Waals surface area contributed by atoms with Gasteiger partial charge in [-0.05, 0) is 43.5 Å². The second-order valence-electron chi connectivity index (χ2n) is 7.80. The molecule has 1 aromatic carbocycles. The molecule has 0 N–H and O–H groups in total. The molecule has 1 aliphatic heterocycles. The predicted octanol–water partition coefficient (Wildman–Crippen LogP) is 3.57. The highest BCUT2D eigenvalue weighted by atomic mass is 35.5. The Morgan fingerprint density at radius 2 is 1.78 bits per heavy atom. The van der Waals surface area contributed by atoms with Gasteiger partial charge in [0.15, 0.2) is 0 Å². The Balaban J connectivity index is 1.62. The van der Waals surface area contributed by atoms with Crippen LogP contribution in [0.25, 0.3) is 0 Å². The quantitative estimate of drug-likeness (QED) is 0.558. The maximum Gasteiger partial charge on any atom is 0.253 e. The van der Waals surface area contributed by atoms with E-state index in [1.165, 1.54) is 19.2 Å². The highest BCUT2D eigenvalue weighted by molar-refractivity contribution is 7.91. The number of halogens is 1. The molecule has 1 aromatic heterocycles. The van der Waals surface area contributed by atoms with Gasteiger partial charge in [0.1, 0.15) is 4.21 Å². The van der Waals surface area contributed by atoms with Gasteiger partial charge in [-0.25, -0.2) is 8.42 Å². The molecule has 2 heterocycles. The SMILES string of the molecule is CCCN(C(=O)CN(C)S(=O)(=O)c1ccc(Cl)s1)C1CCN(C(=O)c2ccccc2)CC1. The Morgan fingerprint density at radius 3 is 2.34 bits per heavy atom. The molecule has 0 saturated carbocycles. The Kier molecular flexibility index (Phi) is 8.32. The fraction of sp³-hybridized carbons (Fsp3) is 0.455. The zero-order valence-corrected chi connectivity index (χ0v) is 20.6. The molecule has 1 saturated heterocycles.